The summed E-state index contributed by atoms with van der Waals surface area (Å²) in [6.45, 7) is 0.276. The van der Waals surface area contributed by atoms with E-state index in [9.17, 15) is 19.5 Å². The van der Waals surface area contributed by atoms with Crippen LogP contribution in [0.5, 0.6) is 0 Å². The smallest absolute Gasteiger partial charge is 0.326 e. The van der Waals surface area contributed by atoms with Crippen LogP contribution in [0.25, 0.3) is 0 Å². The van der Waals surface area contributed by atoms with E-state index in [1.807, 2.05) is 24.3 Å². The van der Waals surface area contributed by atoms with Crippen molar-refractivity contribution >= 4 is 17.8 Å². The number of amides is 2. The molecular weight excluding hydrogens is 272 g/mol. The van der Waals surface area contributed by atoms with E-state index in [0.717, 1.165) is 11.1 Å². The summed E-state index contributed by atoms with van der Waals surface area (Å²) in [5.41, 5.74) is 1.93. The average molecular weight is 288 g/mol. The van der Waals surface area contributed by atoms with Crippen LogP contribution < -0.4 is 5.32 Å². The highest BCUT2D eigenvalue weighted by Crippen LogP contribution is 2.25. The van der Waals surface area contributed by atoms with Crippen LogP contribution in [0.4, 0.5) is 0 Å². The molecule has 2 N–H and O–H groups in total. The maximum atomic E-state index is 12.5. The third-order valence-corrected chi connectivity index (χ3v) is 4.11. The second kappa shape index (κ2) is 5.20. The van der Waals surface area contributed by atoms with Crippen LogP contribution in [-0.4, -0.2) is 39.9 Å². The number of hydrogen-bond donors (Lipinski definition) is 2. The van der Waals surface area contributed by atoms with Gasteiger partial charge >= 0.3 is 5.97 Å². The van der Waals surface area contributed by atoms with Gasteiger partial charge in [-0.3, -0.25) is 9.59 Å². The Balaban J connectivity index is 1.87. The first-order chi connectivity index (χ1) is 10.1. The molecule has 2 heterocycles. The molecule has 0 bridgehead atoms. The topological polar surface area (TPSA) is 86.7 Å². The van der Waals surface area contributed by atoms with Crippen molar-refractivity contribution in [1.29, 1.82) is 0 Å². The lowest BCUT2D eigenvalue weighted by Gasteiger charge is -2.35. The number of benzene rings is 1. The Morgan fingerprint density at radius 1 is 1.24 bits per heavy atom. The largest absolute Gasteiger partial charge is 0.480 e. The first-order valence-electron chi connectivity index (χ1n) is 6.95. The standard InChI is InChI=1S/C15H16N2O4/c18-13-6-5-11(16-13)14(19)17-8-10-4-2-1-3-9(10)7-12(17)15(20)21/h1-4,11-12H,5-8H2,(H,16,18)(H,20,21)/t11-,12?/m1/s1. The molecule has 0 aliphatic carbocycles. The normalized spacial score (nSPS) is 24.4. The number of nitrogens with zero attached hydrogens (tertiary/aromatic N) is 1. The fraction of sp³-hybridized carbons (Fsp3) is 0.400. The lowest BCUT2D eigenvalue weighted by molar-refractivity contribution is -0.152. The summed E-state index contributed by atoms with van der Waals surface area (Å²) < 4.78 is 0. The molecule has 0 aromatic heterocycles. The van der Waals surface area contributed by atoms with Crippen LogP contribution in [0.1, 0.15) is 24.0 Å². The first kappa shape index (κ1) is 13.6. The van der Waals surface area contributed by atoms with Crippen molar-refractivity contribution in [3.63, 3.8) is 0 Å². The Hall–Kier alpha value is -2.37. The van der Waals surface area contributed by atoms with E-state index in [1.165, 1.54) is 4.90 Å². The minimum absolute atomic E-state index is 0.155. The van der Waals surface area contributed by atoms with Crippen molar-refractivity contribution < 1.29 is 19.5 Å². The number of carbonyl (C=O) groups is 3. The van der Waals surface area contributed by atoms with E-state index in [-0.39, 0.29) is 18.4 Å². The minimum atomic E-state index is -1.01. The summed E-state index contributed by atoms with van der Waals surface area (Å²) in [5.74, 6) is -1.47. The van der Waals surface area contributed by atoms with Crippen molar-refractivity contribution in [2.45, 2.75) is 37.9 Å². The third kappa shape index (κ3) is 2.49. The summed E-state index contributed by atoms with van der Waals surface area (Å²) in [4.78, 5) is 36.6. The average Bonchev–Trinajstić information content (AvgIpc) is 2.91. The maximum Gasteiger partial charge on any atom is 0.326 e. The van der Waals surface area contributed by atoms with Crippen LogP contribution in [-0.2, 0) is 27.3 Å². The van der Waals surface area contributed by atoms with Crippen LogP contribution in [0, 0.1) is 0 Å². The lowest BCUT2D eigenvalue weighted by atomic mass is 9.93. The predicted molar refractivity (Wildman–Crippen MR) is 73.3 cm³/mol. The van der Waals surface area contributed by atoms with Gasteiger partial charge < -0.3 is 15.3 Å². The zero-order valence-corrected chi connectivity index (χ0v) is 11.4. The van der Waals surface area contributed by atoms with Crippen molar-refractivity contribution in [3.8, 4) is 0 Å². The minimum Gasteiger partial charge on any atom is -0.480 e. The summed E-state index contributed by atoms with van der Waals surface area (Å²) in [7, 11) is 0. The lowest BCUT2D eigenvalue weighted by Crippen LogP contribution is -2.53. The third-order valence-electron chi connectivity index (χ3n) is 4.11. The van der Waals surface area contributed by atoms with Crippen molar-refractivity contribution in [2.75, 3.05) is 0 Å². The molecule has 1 aromatic carbocycles. The molecule has 6 heteroatoms. The van der Waals surface area contributed by atoms with E-state index >= 15 is 0 Å². The van der Waals surface area contributed by atoms with Gasteiger partial charge in [-0.15, -0.1) is 0 Å². The Morgan fingerprint density at radius 2 is 1.95 bits per heavy atom. The molecule has 0 spiro atoms. The molecule has 1 fully saturated rings. The molecule has 0 saturated carbocycles. The molecule has 3 rings (SSSR count). The molecule has 0 radical (unpaired) electrons. The van der Waals surface area contributed by atoms with E-state index in [2.05, 4.69) is 5.32 Å². The fourth-order valence-electron chi connectivity index (χ4n) is 2.97. The summed E-state index contributed by atoms with van der Waals surface area (Å²) in [5, 5.41) is 12.0. The molecule has 1 aromatic rings. The van der Waals surface area contributed by atoms with Gasteiger partial charge in [0, 0.05) is 19.4 Å². The van der Waals surface area contributed by atoms with E-state index in [1.54, 1.807) is 0 Å². The number of rotatable bonds is 2. The first-order valence-corrected chi connectivity index (χ1v) is 6.95. The molecule has 110 valence electrons. The molecule has 1 saturated heterocycles. The highest BCUT2D eigenvalue weighted by atomic mass is 16.4. The molecule has 2 aliphatic heterocycles. The number of fused-ring (bicyclic) bond motifs is 1. The molecular formula is C15H16N2O4. The number of carboxylic acids is 1. The Kier molecular flexibility index (Phi) is 3.37. The maximum absolute atomic E-state index is 12.5. The molecule has 6 nitrogen and oxygen atoms in total. The quantitative estimate of drug-likeness (QED) is 0.819. The second-order valence-corrected chi connectivity index (χ2v) is 5.45. The van der Waals surface area contributed by atoms with Gasteiger partial charge in [0.1, 0.15) is 12.1 Å². The van der Waals surface area contributed by atoms with Crippen molar-refractivity contribution in [1.82, 2.24) is 10.2 Å². The monoisotopic (exact) mass is 288 g/mol. The van der Waals surface area contributed by atoms with Crippen LogP contribution in [0.3, 0.4) is 0 Å². The summed E-state index contributed by atoms with van der Waals surface area (Å²) >= 11 is 0. The van der Waals surface area contributed by atoms with Gasteiger partial charge in [0.2, 0.25) is 11.8 Å². The van der Waals surface area contributed by atoms with Crippen LogP contribution >= 0.6 is 0 Å². The SMILES string of the molecule is O=C1CC[C@H](C(=O)N2Cc3ccccc3CC2C(=O)O)N1. The summed E-state index contributed by atoms with van der Waals surface area (Å²) in [6.07, 6.45) is 1.05. The Morgan fingerprint density at radius 3 is 2.57 bits per heavy atom. The number of nitrogens with one attached hydrogen (secondary N) is 1. The fourth-order valence-corrected chi connectivity index (χ4v) is 2.97. The second-order valence-electron chi connectivity index (χ2n) is 5.45. The number of aliphatic carboxylic acids is 1. The molecule has 2 atom stereocenters. The van der Waals surface area contributed by atoms with Crippen molar-refractivity contribution in [3.05, 3.63) is 35.4 Å². The number of carboxylic acid groups (broad SMARTS) is 1. The summed E-state index contributed by atoms with van der Waals surface area (Å²) in [6, 6.07) is 6.08. The van der Waals surface area contributed by atoms with Gasteiger partial charge in [-0.05, 0) is 17.5 Å². The van der Waals surface area contributed by atoms with Gasteiger partial charge in [-0.1, -0.05) is 24.3 Å². The van der Waals surface area contributed by atoms with Gasteiger partial charge in [0.15, 0.2) is 0 Å². The molecule has 2 amide bonds. The van der Waals surface area contributed by atoms with E-state index < -0.39 is 18.1 Å². The van der Waals surface area contributed by atoms with Crippen molar-refractivity contribution in [2.24, 2.45) is 0 Å². The Bertz CT molecular complexity index is 613. The molecule has 1 unspecified atom stereocenters. The van der Waals surface area contributed by atoms with E-state index in [4.69, 9.17) is 0 Å². The number of hydrogen-bond acceptors (Lipinski definition) is 3. The highest BCUT2D eigenvalue weighted by Gasteiger charge is 2.39. The number of carbonyl (C=O) groups excluding carboxylic acids is 2. The van der Waals surface area contributed by atoms with Gasteiger partial charge in [-0.2, -0.15) is 0 Å². The zero-order valence-electron chi connectivity index (χ0n) is 11.4. The van der Waals surface area contributed by atoms with Gasteiger partial charge in [-0.25, -0.2) is 4.79 Å². The zero-order chi connectivity index (χ0) is 15.0. The van der Waals surface area contributed by atoms with Crippen LogP contribution in [0.2, 0.25) is 0 Å². The Labute approximate surface area is 121 Å². The van der Waals surface area contributed by atoms with Gasteiger partial charge in [0.05, 0.1) is 0 Å². The van der Waals surface area contributed by atoms with E-state index in [0.29, 0.717) is 19.3 Å². The van der Waals surface area contributed by atoms with Gasteiger partial charge in [0.25, 0.3) is 0 Å². The molecule has 2 aliphatic rings. The highest BCUT2D eigenvalue weighted by molar-refractivity contribution is 5.93. The molecule has 21 heavy (non-hydrogen) atoms. The predicted octanol–water partition coefficient (Wildman–Crippen LogP) is 0.303. The van der Waals surface area contributed by atoms with Crippen LogP contribution in [0.15, 0.2) is 24.3 Å².